The van der Waals surface area contributed by atoms with Gasteiger partial charge in [0.2, 0.25) is 11.8 Å². The monoisotopic (exact) mass is 490 g/mol. The lowest BCUT2D eigenvalue weighted by molar-refractivity contribution is -0.137. The molecule has 1 atom stereocenters. The molecule has 4 N–H and O–H groups in total. The van der Waals surface area contributed by atoms with Crippen LogP contribution in [-0.2, 0) is 14.4 Å². The lowest BCUT2D eigenvalue weighted by Crippen LogP contribution is -2.42. The van der Waals surface area contributed by atoms with Crippen molar-refractivity contribution in [3.8, 4) is 0 Å². The topological polar surface area (TPSA) is 120 Å². The molecule has 2 aromatic rings. The highest BCUT2D eigenvalue weighted by atomic mass is 79.9. The molecule has 0 saturated heterocycles. The Morgan fingerprint density at radius 2 is 1.74 bits per heavy atom. The van der Waals surface area contributed by atoms with E-state index in [2.05, 4.69) is 37.1 Å². The highest BCUT2D eigenvalue weighted by molar-refractivity contribution is 9.10. The van der Waals surface area contributed by atoms with E-state index in [0.29, 0.717) is 13.0 Å². The number of carboxylic acids is 1. The Morgan fingerprint density at radius 1 is 1.03 bits per heavy atom. The van der Waals surface area contributed by atoms with Crippen LogP contribution in [-0.4, -0.2) is 34.4 Å². The van der Waals surface area contributed by atoms with Crippen molar-refractivity contribution in [2.75, 3.05) is 11.9 Å². The number of anilines is 1. The third-order valence-corrected chi connectivity index (χ3v) is 5.12. The minimum Gasteiger partial charge on any atom is -0.481 e. The quantitative estimate of drug-likeness (QED) is 0.282. The van der Waals surface area contributed by atoms with E-state index in [4.69, 9.17) is 5.11 Å². The van der Waals surface area contributed by atoms with E-state index in [9.17, 15) is 14.4 Å². The van der Waals surface area contributed by atoms with Crippen LogP contribution in [0.1, 0.15) is 49.1 Å². The van der Waals surface area contributed by atoms with Gasteiger partial charge in [0, 0.05) is 36.0 Å². The van der Waals surface area contributed by atoms with Crippen molar-refractivity contribution in [2.45, 2.75) is 44.9 Å². The van der Waals surface area contributed by atoms with Gasteiger partial charge < -0.3 is 10.4 Å². The molecular weight excluding hydrogens is 464 g/mol. The van der Waals surface area contributed by atoms with Crippen LogP contribution >= 0.6 is 15.9 Å². The van der Waals surface area contributed by atoms with E-state index >= 15 is 0 Å². The van der Waals surface area contributed by atoms with Crippen molar-refractivity contribution >= 4 is 39.5 Å². The smallest absolute Gasteiger partial charge is 0.303 e. The molecule has 0 spiro atoms. The molecule has 8 nitrogen and oxygen atoms in total. The molecule has 9 heteroatoms. The molecule has 1 aromatic heterocycles. The molecule has 2 amide bonds. The molecule has 166 valence electrons. The van der Waals surface area contributed by atoms with Crippen LogP contribution in [0.4, 0.5) is 5.82 Å². The first-order valence-corrected chi connectivity index (χ1v) is 10.8. The van der Waals surface area contributed by atoms with Gasteiger partial charge in [0.05, 0.1) is 6.42 Å². The molecule has 31 heavy (non-hydrogen) atoms. The zero-order valence-electron chi connectivity index (χ0n) is 17.4. The SMILES string of the molecule is Cc1ccnc(NCCCCC(=O)NNC(=O)CC(CC(=O)O)c2ccc(Br)cc2)c1. The number of pyridine rings is 1. The second kappa shape index (κ2) is 12.7. The molecule has 1 heterocycles. The predicted molar refractivity (Wildman–Crippen MR) is 121 cm³/mol. The summed E-state index contributed by atoms with van der Waals surface area (Å²) in [7, 11) is 0. The number of benzene rings is 1. The number of amides is 2. The van der Waals surface area contributed by atoms with Crippen LogP contribution in [0.2, 0.25) is 0 Å². The second-order valence-corrected chi connectivity index (χ2v) is 8.16. The predicted octanol–water partition coefficient (Wildman–Crippen LogP) is 3.53. The summed E-state index contributed by atoms with van der Waals surface area (Å²) in [6.07, 6.45) is 3.23. The highest BCUT2D eigenvalue weighted by Gasteiger charge is 2.19. The zero-order chi connectivity index (χ0) is 22.6. The molecule has 0 aliphatic rings. The molecular formula is C22H27BrN4O4. The van der Waals surface area contributed by atoms with Crippen LogP contribution in [0.3, 0.4) is 0 Å². The maximum Gasteiger partial charge on any atom is 0.303 e. The van der Waals surface area contributed by atoms with Crippen molar-refractivity contribution in [1.29, 1.82) is 0 Å². The number of unbranched alkanes of at least 4 members (excludes halogenated alkanes) is 1. The summed E-state index contributed by atoms with van der Waals surface area (Å²) in [5, 5.41) is 12.3. The van der Waals surface area contributed by atoms with E-state index in [1.807, 2.05) is 19.1 Å². The van der Waals surface area contributed by atoms with Crippen LogP contribution in [0.5, 0.6) is 0 Å². The number of hydrogen-bond acceptors (Lipinski definition) is 5. The zero-order valence-corrected chi connectivity index (χ0v) is 18.9. The molecule has 2 rings (SSSR count). The first-order chi connectivity index (χ1) is 14.8. The molecule has 0 fully saturated rings. The average molecular weight is 491 g/mol. The van der Waals surface area contributed by atoms with E-state index in [-0.39, 0.29) is 25.2 Å². The molecule has 1 aromatic carbocycles. The molecule has 0 radical (unpaired) electrons. The number of nitrogens with zero attached hydrogens (tertiary/aromatic N) is 1. The van der Waals surface area contributed by atoms with Gasteiger partial charge in [-0.15, -0.1) is 0 Å². The van der Waals surface area contributed by atoms with Gasteiger partial charge in [-0.3, -0.25) is 25.2 Å². The van der Waals surface area contributed by atoms with E-state index in [1.165, 1.54) is 0 Å². The first kappa shape index (κ1) is 24.3. The Balaban J connectivity index is 1.68. The number of carbonyl (C=O) groups excluding carboxylic acids is 2. The van der Waals surface area contributed by atoms with Crippen LogP contribution in [0.15, 0.2) is 47.1 Å². The van der Waals surface area contributed by atoms with E-state index in [0.717, 1.165) is 27.8 Å². The number of aromatic nitrogens is 1. The number of hydrazine groups is 1. The number of hydrogen-bond donors (Lipinski definition) is 4. The van der Waals surface area contributed by atoms with Crippen LogP contribution in [0, 0.1) is 6.92 Å². The summed E-state index contributed by atoms with van der Waals surface area (Å²) in [5.41, 5.74) is 6.64. The number of halogens is 1. The first-order valence-electron chi connectivity index (χ1n) is 10.0. The Labute approximate surface area is 189 Å². The molecule has 0 saturated carbocycles. The molecule has 0 aliphatic carbocycles. The minimum atomic E-state index is -0.987. The van der Waals surface area contributed by atoms with E-state index in [1.54, 1.807) is 30.5 Å². The maximum absolute atomic E-state index is 12.2. The second-order valence-electron chi connectivity index (χ2n) is 7.25. The highest BCUT2D eigenvalue weighted by Crippen LogP contribution is 2.25. The number of rotatable bonds is 11. The van der Waals surface area contributed by atoms with Crippen LogP contribution in [0.25, 0.3) is 0 Å². The van der Waals surface area contributed by atoms with Crippen LogP contribution < -0.4 is 16.2 Å². The van der Waals surface area contributed by atoms with Crippen molar-refractivity contribution in [3.63, 3.8) is 0 Å². The van der Waals surface area contributed by atoms with Crippen molar-refractivity contribution < 1.29 is 19.5 Å². The summed E-state index contributed by atoms with van der Waals surface area (Å²) in [6, 6.07) is 11.0. The van der Waals surface area contributed by atoms with Gasteiger partial charge in [0.1, 0.15) is 5.82 Å². The fourth-order valence-electron chi connectivity index (χ4n) is 2.99. The van der Waals surface area contributed by atoms with E-state index < -0.39 is 17.8 Å². The van der Waals surface area contributed by atoms with Crippen molar-refractivity contribution in [1.82, 2.24) is 15.8 Å². The maximum atomic E-state index is 12.2. The molecule has 0 bridgehead atoms. The van der Waals surface area contributed by atoms with Crippen molar-refractivity contribution in [2.24, 2.45) is 0 Å². The summed E-state index contributed by atoms with van der Waals surface area (Å²) >= 11 is 3.33. The average Bonchev–Trinajstić information content (AvgIpc) is 2.72. The standard InChI is InChI=1S/C22H27BrN4O4/c1-15-9-11-25-19(12-15)24-10-3-2-4-20(28)26-27-21(29)13-17(14-22(30)31)16-5-7-18(23)8-6-16/h5-9,11-12,17H,2-4,10,13-14H2,1H3,(H,24,25)(H,26,28)(H,27,29)(H,30,31). The number of nitrogens with one attached hydrogen (secondary N) is 3. The summed E-state index contributed by atoms with van der Waals surface area (Å²) < 4.78 is 0.868. The number of aliphatic carboxylic acids is 1. The fraction of sp³-hybridized carbons (Fsp3) is 0.364. The molecule has 0 aliphatic heterocycles. The van der Waals surface area contributed by atoms with Gasteiger partial charge in [-0.05, 0) is 55.2 Å². The van der Waals surface area contributed by atoms with Crippen molar-refractivity contribution in [3.05, 3.63) is 58.2 Å². The van der Waals surface area contributed by atoms with Gasteiger partial charge in [0.25, 0.3) is 0 Å². The Bertz CT molecular complexity index is 889. The Kier molecular flexibility index (Phi) is 9.96. The van der Waals surface area contributed by atoms with Gasteiger partial charge >= 0.3 is 5.97 Å². The normalized spacial score (nSPS) is 11.4. The Hall–Kier alpha value is -2.94. The third kappa shape index (κ3) is 9.61. The summed E-state index contributed by atoms with van der Waals surface area (Å²) in [4.78, 5) is 39.5. The number of carbonyl (C=O) groups is 3. The Morgan fingerprint density at radius 3 is 2.42 bits per heavy atom. The fourth-order valence-corrected chi connectivity index (χ4v) is 3.25. The van der Waals surface area contributed by atoms with Gasteiger partial charge in [-0.1, -0.05) is 28.1 Å². The summed E-state index contributed by atoms with van der Waals surface area (Å²) in [6.45, 7) is 2.69. The number of carboxylic acid groups (broad SMARTS) is 1. The minimum absolute atomic E-state index is 0.0401. The van der Waals surface area contributed by atoms with Gasteiger partial charge in [-0.2, -0.15) is 0 Å². The summed E-state index contributed by atoms with van der Waals surface area (Å²) in [5.74, 6) is -1.39. The lowest BCUT2D eigenvalue weighted by atomic mass is 9.92. The number of aryl methyl sites for hydroxylation is 1. The van der Waals surface area contributed by atoms with Gasteiger partial charge in [0.15, 0.2) is 0 Å². The molecule has 1 unspecified atom stereocenters. The lowest BCUT2D eigenvalue weighted by Gasteiger charge is -2.16. The largest absolute Gasteiger partial charge is 0.481 e. The van der Waals surface area contributed by atoms with Gasteiger partial charge in [-0.25, -0.2) is 4.98 Å². The third-order valence-electron chi connectivity index (χ3n) is 4.59.